The van der Waals surface area contributed by atoms with Crippen molar-refractivity contribution in [2.24, 2.45) is 11.3 Å². The third kappa shape index (κ3) is 4.47. The number of carbonyl (C=O) groups is 1. The molecule has 0 heterocycles. The van der Waals surface area contributed by atoms with Crippen LogP contribution in [-0.4, -0.2) is 30.8 Å². The van der Waals surface area contributed by atoms with Crippen LogP contribution in [0.15, 0.2) is 24.3 Å². The molecule has 1 saturated carbocycles. The number of methoxy groups -OCH3 is 1. The van der Waals surface area contributed by atoms with E-state index in [1.54, 1.807) is 7.11 Å². The highest BCUT2D eigenvalue weighted by Gasteiger charge is 2.39. The number of hydrogen-bond donors (Lipinski definition) is 2. The number of ether oxygens (including phenoxy) is 1. The first kappa shape index (κ1) is 17.8. The maximum atomic E-state index is 12.3. The predicted molar refractivity (Wildman–Crippen MR) is 91.5 cm³/mol. The second-order valence-corrected chi connectivity index (χ2v) is 7.15. The Hall–Kier alpha value is -1.55. The summed E-state index contributed by atoms with van der Waals surface area (Å²) in [6, 6.07) is 8.05. The van der Waals surface area contributed by atoms with Crippen molar-refractivity contribution in [1.82, 2.24) is 5.32 Å². The third-order valence-corrected chi connectivity index (χ3v) is 5.07. The van der Waals surface area contributed by atoms with Crippen molar-refractivity contribution in [3.8, 4) is 5.75 Å². The Morgan fingerprint density at radius 1 is 1.48 bits per heavy atom. The standard InChI is InChI=1S/C19H29NO3/c1-14(11-15-7-4-5-8-16(15)23-3)12-18(22)20-17-9-6-10-19(17,2)13-21/h4-5,7-8,14,17,21H,6,9-13H2,1-3H3,(H,20,22). The van der Waals surface area contributed by atoms with Crippen molar-refractivity contribution in [3.05, 3.63) is 29.8 Å². The van der Waals surface area contributed by atoms with E-state index in [9.17, 15) is 9.90 Å². The predicted octanol–water partition coefficient (Wildman–Crippen LogP) is 2.93. The summed E-state index contributed by atoms with van der Waals surface area (Å²) in [7, 11) is 1.67. The molecule has 128 valence electrons. The molecule has 1 aliphatic carbocycles. The molecule has 0 aromatic heterocycles. The van der Waals surface area contributed by atoms with Crippen molar-refractivity contribution >= 4 is 5.91 Å². The Bertz CT molecular complexity index is 531. The normalized spacial score (nSPS) is 25.1. The summed E-state index contributed by atoms with van der Waals surface area (Å²) in [5.74, 6) is 1.20. The van der Waals surface area contributed by atoms with Crippen LogP contribution >= 0.6 is 0 Å². The molecule has 1 fully saturated rings. The zero-order valence-corrected chi connectivity index (χ0v) is 14.5. The van der Waals surface area contributed by atoms with Crippen LogP contribution in [0.25, 0.3) is 0 Å². The number of aliphatic hydroxyl groups is 1. The van der Waals surface area contributed by atoms with E-state index in [0.717, 1.165) is 37.0 Å². The molecule has 0 saturated heterocycles. The molecule has 1 amide bonds. The Labute approximate surface area is 139 Å². The van der Waals surface area contributed by atoms with Crippen LogP contribution in [0, 0.1) is 11.3 Å². The SMILES string of the molecule is COc1ccccc1CC(C)CC(=O)NC1CCCC1(C)CO. The first-order valence-electron chi connectivity index (χ1n) is 8.50. The van der Waals surface area contributed by atoms with Crippen LogP contribution in [0.3, 0.4) is 0 Å². The van der Waals surface area contributed by atoms with E-state index in [0.29, 0.717) is 6.42 Å². The summed E-state index contributed by atoms with van der Waals surface area (Å²) >= 11 is 0. The fourth-order valence-corrected chi connectivity index (χ4v) is 3.56. The molecule has 2 N–H and O–H groups in total. The Morgan fingerprint density at radius 3 is 2.91 bits per heavy atom. The number of hydrogen-bond acceptors (Lipinski definition) is 3. The number of aliphatic hydroxyl groups excluding tert-OH is 1. The van der Waals surface area contributed by atoms with Gasteiger partial charge in [0.15, 0.2) is 0 Å². The molecule has 23 heavy (non-hydrogen) atoms. The number of rotatable bonds is 7. The van der Waals surface area contributed by atoms with Gasteiger partial charge in [0, 0.05) is 17.9 Å². The molecule has 3 unspecified atom stereocenters. The second kappa shape index (κ2) is 7.82. The number of nitrogens with one attached hydrogen (secondary N) is 1. The summed E-state index contributed by atoms with van der Waals surface area (Å²) in [6.45, 7) is 4.28. The molecule has 2 rings (SSSR count). The highest BCUT2D eigenvalue weighted by atomic mass is 16.5. The van der Waals surface area contributed by atoms with Crippen molar-refractivity contribution in [2.45, 2.75) is 52.0 Å². The van der Waals surface area contributed by atoms with Crippen LogP contribution in [0.5, 0.6) is 5.75 Å². The first-order chi connectivity index (χ1) is 11.0. The molecule has 0 radical (unpaired) electrons. The summed E-state index contributed by atoms with van der Waals surface area (Å²) in [6.07, 6.45) is 4.32. The van der Waals surface area contributed by atoms with Gasteiger partial charge in [-0.25, -0.2) is 0 Å². The number of benzene rings is 1. The summed E-state index contributed by atoms with van der Waals surface area (Å²) in [4.78, 5) is 12.3. The summed E-state index contributed by atoms with van der Waals surface area (Å²) in [5.41, 5.74) is 0.970. The van der Waals surface area contributed by atoms with Crippen LogP contribution in [0.2, 0.25) is 0 Å². The van der Waals surface area contributed by atoms with E-state index < -0.39 is 0 Å². The molecule has 3 atom stereocenters. The van der Waals surface area contributed by atoms with Gasteiger partial charge >= 0.3 is 0 Å². The average molecular weight is 319 g/mol. The van der Waals surface area contributed by atoms with E-state index in [1.807, 2.05) is 24.3 Å². The molecule has 0 bridgehead atoms. The van der Waals surface area contributed by atoms with Gasteiger partial charge in [-0.05, 0) is 36.8 Å². The molecule has 1 aromatic carbocycles. The fraction of sp³-hybridized carbons (Fsp3) is 0.632. The van der Waals surface area contributed by atoms with Gasteiger partial charge in [-0.2, -0.15) is 0 Å². The van der Waals surface area contributed by atoms with Crippen molar-refractivity contribution in [2.75, 3.05) is 13.7 Å². The van der Waals surface area contributed by atoms with Gasteiger partial charge in [0.1, 0.15) is 5.75 Å². The molecular formula is C19H29NO3. The highest BCUT2D eigenvalue weighted by molar-refractivity contribution is 5.76. The molecule has 0 spiro atoms. The molecule has 0 aliphatic heterocycles. The van der Waals surface area contributed by atoms with Gasteiger partial charge in [-0.3, -0.25) is 4.79 Å². The number of amides is 1. The van der Waals surface area contributed by atoms with Crippen molar-refractivity contribution in [3.63, 3.8) is 0 Å². The molecule has 1 aromatic rings. The number of para-hydroxylation sites is 1. The van der Waals surface area contributed by atoms with Gasteiger partial charge in [-0.1, -0.05) is 38.5 Å². The highest BCUT2D eigenvalue weighted by Crippen LogP contribution is 2.37. The quantitative estimate of drug-likeness (QED) is 0.812. The lowest BCUT2D eigenvalue weighted by Gasteiger charge is -2.30. The lowest BCUT2D eigenvalue weighted by atomic mass is 9.85. The van der Waals surface area contributed by atoms with E-state index in [-0.39, 0.29) is 29.9 Å². The van der Waals surface area contributed by atoms with Crippen LogP contribution in [0.4, 0.5) is 0 Å². The van der Waals surface area contributed by atoms with E-state index in [4.69, 9.17) is 4.74 Å². The van der Waals surface area contributed by atoms with E-state index in [1.165, 1.54) is 0 Å². The Balaban J connectivity index is 1.87. The van der Waals surface area contributed by atoms with Gasteiger partial charge in [0.05, 0.1) is 13.7 Å². The smallest absolute Gasteiger partial charge is 0.220 e. The Morgan fingerprint density at radius 2 is 2.22 bits per heavy atom. The minimum absolute atomic E-state index is 0.0824. The monoisotopic (exact) mass is 319 g/mol. The minimum atomic E-state index is -0.165. The van der Waals surface area contributed by atoms with Crippen molar-refractivity contribution < 1.29 is 14.6 Å². The maximum absolute atomic E-state index is 12.3. The summed E-state index contributed by atoms with van der Waals surface area (Å²) in [5, 5.41) is 12.7. The van der Waals surface area contributed by atoms with E-state index in [2.05, 4.69) is 19.2 Å². The molecular weight excluding hydrogens is 290 g/mol. The topological polar surface area (TPSA) is 58.6 Å². The maximum Gasteiger partial charge on any atom is 0.220 e. The van der Waals surface area contributed by atoms with E-state index >= 15 is 0 Å². The second-order valence-electron chi connectivity index (χ2n) is 7.15. The minimum Gasteiger partial charge on any atom is -0.496 e. The lowest BCUT2D eigenvalue weighted by Crippen LogP contribution is -2.45. The van der Waals surface area contributed by atoms with Gasteiger partial charge in [0.25, 0.3) is 0 Å². The molecule has 4 nitrogen and oxygen atoms in total. The first-order valence-corrected chi connectivity index (χ1v) is 8.50. The zero-order valence-electron chi connectivity index (χ0n) is 14.5. The average Bonchev–Trinajstić information content (AvgIpc) is 2.89. The van der Waals surface area contributed by atoms with Crippen LogP contribution in [-0.2, 0) is 11.2 Å². The molecule has 1 aliphatic rings. The Kier molecular flexibility index (Phi) is 6.05. The largest absolute Gasteiger partial charge is 0.496 e. The van der Waals surface area contributed by atoms with Gasteiger partial charge < -0.3 is 15.2 Å². The van der Waals surface area contributed by atoms with Gasteiger partial charge in [0.2, 0.25) is 5.91 Å². The fourth-order valence-electron chi connectivity index (χ4n) is 3.56. The van der Waals surface area contributed by atoms with Crippen molar-refractivity contribution in [1.29, 1.82) is 0 Å². The molecule has 4 heteroatoms. The zero-order chi connectivity index (χ0) is 16.9. The third-order valence-electron chi connectivity index (χ3n) is 5.07. The number of carbonyl (C=O) groups excluding carboxylic acids is 1. The van der Waals surface area contributed by atoms with Crippen LogP contribution in [0.1, 0.15) is 45.1 Å². The summed E-state index contributed by atoms with van der Waals surface area (Å²) < 4.78 is 5.37. The van der Waals surface area contributed by atoms with Gasteiger partial charge in [-0.15, -0.1) is 0 Å². The van der Waals surface area contributed by atoms with Crippen LogP contribution < -0.4 is 10.1 Å². The lowest BCUT2D eigenvalue weighted by molar-refractivity contribution is -0.123.